The zero-order valence-corrected chi connectivity index (χ0v) is 16.0. The first-order valence-corrected chi connectivity index (χ1v) is 9.46. The van der Waals surface area contributed by atoms with Crippen LogP contribution in [0.5, 0.6) is 0 Å². The molecule has 0 fully saturated rings. The van der Waals surface area contributed by atoms with E-state index in [-0.39, 0.29) is 5.91 Å². The smallest absolute Gasteiger partial charge is 0.295 e. The van der Waals surface area contributed by atoms with Gasteiger partial charge in [0.2, 0.25) is 0 Å². The van der Waals surface area contributed by atoms with Crippen LogP contribution >= 0.6 is 11.8 Å². The van der Waals surface area contributed by atoms with E-state index in [0.29, 0.717) is 27.4 Å². The van der Waals surface area contributed by atoms with Gasteiger partial charge in [-0.3, -0.25) is 4.79 Å². The van der Waals surface area contributed by atoms with Crippen molar-refractivity contribution in [2.45, 2.75) is 23.4 Å². The van der Waals surface area contributed by atoms with E-state index in [1.165, 1.54) is 17.8 Å². The third kappa shape index (κ3) is 4.24. The van der Waals surface area contributed by atoms with Crippen LogP contribution in [0.4, 0.5) is 14.5 Å². The predicted molar refractivity (Wildman–Crippen MR) is 106 cm³/mol. The van der Waals surface area contributed by atoms with Gasteiger partial charge in [0.25, 0.3) is 12.3 Å². The Morgan fingerprint density at radius 3 is 2.66 bits per heavy atom. The molecule has 146 valence electrons. The van der Waals surface area contributed by atoms with Crippen molar-refractivity contribution >= 4 is 34.4 Å². The highest BCUT2D eigenvalue weighted by Crippen LogP contribution is 2.28. The quantitative estimate of drug-likeness (QED) is 0.452. The van der Waals surface area contributed by atoms with Gasteiger partial charge in [-0.05, 0) is 66.7 Å². The fourth-order valence-corrected chi connectivity index (χ4v) is 3.56. The lowest BCUT2D eigenvalue weighted by molar-refractivity contribution is 0.102. The molecular formula is C20H15F2N5OS. The molecule has 9 heteroatoms. The molecular weight excluding hydrogens is 396 g/mol. The molecule has 4 aromatic rings. The number of halogens is 2. The number of aromatic nitrogens is 4. The van der Waals surface area contributed by atoms with E-state index in [2.05, 4.69) is 25.3 Å². The van der Waals surface area contributed by atoms with Gasteiger partial charge in [-0.15, -0.1) is 0 Å². The van der Waals surface area contributed by atoms with Gasteiger partial charge in [-0.1, -0.05) is 0 Å². The Hall–Kier alpha value is -3.33. The maximum absolute atomic E-state index is 12.8. The number of rotatable bonds is 5. The normalized spacial score (nSPS) is 11.2. The molecule has 0 bridgehead atoms. The summed E-state index contributed by atoms with van der Waals surface area (Å²) in [4.78, 5) is 28.3. The van der Waals surface area contributed by atoms with Crippen molar-refractivity contribution in [1.82, 2.24) is 19.9 Å². The molecule has 6 nitrogen and oxygen atoms in total. The number of fused-ring (bicyclic) bond motifs is 1. The standard InChI is InChI=1S/C20H15F2N5OS/c1-11-9-13(29-20-23-7-2-8-24-20)4-6-14(11)27-19(28)12-3-5-15-16(10-12)26-18(25-15)17(21)22/h2-10,17H,1H3,(H,25,26)(H,27,28). The molecule has 0 aliphatic heterocycles. The molecule has 0 radical (unpaired) electrons. The minimum Gasteiger partial charge on any atom is -0.337 e. The summed E-state index contributed by atoms with van der Waals surface area (Å²) in [5.41, 5.74) is 2.66. The van der Waals surface area contributed by atoms with Crippen LogP contribution in [-0.4, -0.2) is 25.8 Å². The van der Waals surface area contributed by atoms with E-state index in [9.17, 15) is 13.6 Å². The van der Waals surface area contributed by atoms with E-state index < -0.39 is 12.2 Å². The number of alkyl halides is 2. The van der Waals surface area contributed by atoms with E-state index in [4.69, 9.17) is 0 Å². The lowest BCUT2D eigenvalue weighted by Gasteiger charge is -2.10. The molecule has 0 aliphatic carbocycles. The number of benzene rings is 2. The molecule has 0 unspecified atom stereocenters. The Morgan fingerprint density at radius 1 is 1.14 bits per heavy atom. The van der Waals surface area contributed by atoms with Crippen LogP contribution in [0.15, 0.2) is 64.9 Å². The topological polar surface area (TPSA) is 83.6 Å². The summed E-state index contributed by atoms with van der Waals surface area (Å²) in [6, 6.07) is 12.0. The number of hydrogen-bond acceptors (Lipinski definition) is 5. The molecule has 1 amide bonds. The van der Waals surface area contributed by atoms with Crippen LogP contribution in [0.2, 0.25) is 0 Å². The number of anilines is 1. The van der Waals surface area contributed by atoms with Crippen molar-refractivity contribution in [3.63, 3.8) is 0 Å². The highest BCUT2D eigenvalue weighted by molar-refractivity contribution is 7.99. The van der Waals surface area contributed by atoms with Gasteiger partial charge in [0.1, 0.15) is 0 Å². The molecule has 2 aromatic carbocycles. The Morgan fingerprint density at radius 2 is 1.93 bits per heavy atom. The minimum absolute atomic E-state index is 0.338. The number of nitrogens with one attached hydrogen (secondary N) is 2. The largest absolute Gasteiger partial charge is 0.337 e. The Kier molecular flexibility index (Phi) is 5.22. The van der Waals surface area contributed by atoms with E-state index in [0.717, 1.165) is 10.5 Å². The van der Waals surface area contributed by atoms with Gasteiger partial charge >= 0.3 is 0 Å². The molecule has 29 heavy (non-hydrogen) atoms. The molecule has 4 rings (SSSR count). The molecule has 0 aliphatic rings. The first-order chi connectivity index (χ1) is 14.0. The lowest BCUT2D eigenvalue weighted by atomic mass is 10.1. The fraction of sp³-hybridized carbons (Fsp3) is 0.100. The fourth-order valence-electron chi connectivity index (χ4n) is 2.75. The third-order valence-corrected chi connectivity index (χ3v) is 5.05. The second-order valence-corrected chi connectivity index (χ2v) is 7.26. The average molecular weight is 411 g/mol. The van der Waals surface area contributed by atoms with Crippen LogP contribution in [-0.2, 0) is 0 Å². The number of hydrogen-bond donors (Lipinski definition) is 2. The third-order valence-electron chi connectivity index (χ3n) is 4.17. The monoisotopic (exact) mass is 411 g/mol. The first kappa shape index (κ1) is 19.0. The second kappa shape index (κ2) is 7.96. The van der Waals surface area contributed by atoms with E-state index >= 15 is 0 Å². The zero-order valence-electron chi connectivity index (χ0n) is 15.2. The number of imidazole rings is 1. The van der Waals surface area contributed by atoms with Gasteiger partial charge in [-0.2, -0.15) is 0 Å². The number of amides is 1. The Bertz CT molecular complexity index is 1180. The average Bonchev–Trinajstić information content (AvgIpc) is 3.14. The van der Waals surface area contributed by atoms with Crippen molar-refractivity contribution in [2.75, 3.05) is 5.32 Å². The number of aromatic amines is 1. The van der Waals surface area contributed by atoms with Crippen LogP contribution in [0.3, 0.4) is 0 Å². The predicted octanol–water partition coefficient (Wildman–Crippen LogP) is 5.00. The second-order valence-electron chi connectivity index (χ2n) is 6.22. The molecule has 2 heterocycles. The van der Waals surface area contributed by atoms with Crippen molar-refractivity contribution < 1.29 is 13.6 Å². The van der Waals surface area contributed by atoms with Crippen molar-refractivity contribution in [3.05, 3.63) is 71.8 Å². The molecule has 0 saturated carbocycles. The SMILES string of the molecule is Cc1cc(Sc2ncccn2)ccc1NC(=O)c1ccc2nc(C(F)F)[nH]c2c1. The lowest BCUT2D eigenvalue weighted by Crippen LogP contribution is -2.12. The molecule has 2 aromatic heterocycles. The minimum atomic E-state index is -2.69. The summed E-state index contributed by atoms with van der Waals surface area (Å²) < 4.78 is 25.6. The van der Waals surface area contributed by atoms with Crippen LogP contribution < -0.4 is 5.32 Å². The van der Waals surface area contributed by atoms with Crippen LogP contribution in [0.1, 0.15) is 28.2 Å². The number of aryl methyl sites for hydroxylation is 1. The number of nitrogens with zero attached hydrogens (tertiary/aromatic N) is 3. The zero-order chi connectivity index (χ0) is 20.4. The molecule has 0 spiro atoms. The number of carbonyl (C=O) groups is 1. The summed E-state index contributed by atoms with van der Waals surface area (Å²) in [6.45, 7) is 1.89. The van der Waals surface area contributed by atoms with Crippen molar-refractivity contribution in [3.8, 4) is 0 Å². The highest BCUT2D eigenvalue weighted by Gasteiger charge is 2.15. The van der Waals surface area contributed by atoms with Gasteiger partial charge in [0.05, 0.1) is 11.0 Å². The summed E-state index contributed by atoms with van der Waals surface area (Å²) in [6.07, 6.45) is 0.662. The van der Waals surface area contributed by atoms with Gasteiger partial charge in [-0.25, -0.2) is 23.7 Å². The summed E-state index contributed by atoms with van der Waals surface area (Å²) in [5.74, 6) is -0.751. The first-order valence-electron chi connectivity index (χ1n) is 8.64. The number of H-pyrrole nitrogens is 1. The maximum atomic E-state index is 12.8. The molecule has 0 atom stereocenters. The van der Waals surface area contributed by atoms with Crippen molar-refractivity contribution in [1.29, 1.82) is 0 Å². The van der Waals surface area contributed by atoms with Gasteiger partial charge in [0, 0.05) is 28.5 Å². The van der Waals surface area contributed by atoms with E-state index in [1.807, 2.05) is 25.1 Å². The molecule has 0 saturated heterocycles. The van der Waals surface area contributed by atoms with Crippen LogP contribution in [0, 0.1) is 6.92 Å². The van der Waals surface area contributed by atoms with Crippen LogP contribution in [0.25, 0.3) is 11.0 Å². The summed E-state index contributed by atoms with van der Waals surface area (Å²) in [7, 11) is 0. The number of carbonyl (C=O) groups excluding carboxylic acids is 1. The van der Waals surface area contributed by atoms with E-state index in [1.54, 1.807) is 30.6 Å². The van der Waals surface area contributed by atoms with Gasteiger partial charge in [0.15, 0.2) is 11.0 Å². The maximum Gasteiger partial charge on any atom is 0.295 e. The van der Waals surface area contributed by atoms with Gasteiger partial charge < -0.3 is 10.3 Å². The molecule has 2 N–H and O–H groups in total. The summed E-state index contributed by atoms with van der Waals surface area (Å²) in [5, 5.41) is 3.49. The Labute approximate surface area is 168 Å². The van der Waals surface area contributed by atoms with Crippen molar-refractivity contribution in [2.24, 2.45) is 0 Å². The highest BCUT2D eigenvalue weighted by atomic mass is 32.2. The Balaban J connectivity index is 1.51. The summed E-state index contributed by atoms with van der Waals surface area (Å²) >= 11 is 1.42.